The molecule has 0 N–H and O–H groups in total. The normalized spacial score (nSPS) is 11.8. The van der Waals surface area contributed by atoms with Gasteiger partial charge in [0.05, 0.1) is 12.2 Å². The smallest absolute Gasteiger partial charge is 0.187 e. The fraction of sp³-hybridized carbons (Fsp3) is 0.0714. The van der Waals surface area contributed by atoms with Crippen LogP contribution in [-0.4, -0.2) is 19.5 Å². The van der Waals surface area contributed by atoms with Gasteiger partial charge in [-0.25, -0.2) is 0 Å². The molecule has 160 valence electrons. The van der Waals surface area contributed by atoms with Crippen LogP contribution in [0, 0.1) is 0 Å². The van der Waals surface area contributed by atoms with Gasteiger partial charge in [0, 0.05) is 0 Å². The fourth-order valence-corrected chi connectivity index (χ4v) is 6.34. The van der Waals surface area contributed by atoms with E-state index in [2.05, 4.69) is 104 Å². The van der Waals surface area contributed by atoms with Crippen molar-refractivity contribution in [1.29, 1.82) is 0 Å². The van der Waals surface area contributed by atoms with Gasteiger partial charge < -0.3 is 8.85 Å². The second-order valence-corrected chi connectivity index (χ2v) is 12.0. The van der Waals surface area contributed by atoms with E-state index >= 15 is 0 Å². The highest BCUT2D eigenvalue weighted by molar-refractivity contribution is 6.63. The Hall–Kier alpha value is -3.03. The Labute approximate surface area is 195 Å². The lowest BCUT2D eigenvalue weighted by atomic mass is 10.0. The molecule has 0 spiro atoms. The topological polar surface area (TPSA) is 18.5 Å². The standard InChI is InChI=1S/C28H28O2Si2/c1-22(31-29-27(23-14-6-2-7-15-23)24-16-8-3-9-17-24)32-30-28(25-18-10-4-11-19-25)26-20-12-5-13-21-26/h2-21,27-28H,1,31-32H2. The van der Waals surface area contributed by atoms with Gasteiger partial charge in [-0.05, 0) is 22.3 Å². The Morgan fingerprint density at radius 1 is 0.469 bits per heavy atom. The van der Waals surface area contributed by atoms with Crippen molar-refractivity contribution in [3.05, 3.63) is 155 Å². The van der Waals surface area contributed by atoms with Gasteiger partial charge in [-0.1, -0.05) is 126 Å². The third kappa shape index (κ3) is 6.02. The predicted molar refractivity (Wildman–Crippen MR) is 138 cm³/mol. The first-order valence-electron chi connectivity index (χ1n) is 10.9. The zero-order valence-corrected chi connectivity index (χ0v) is 21.0. The second kappa shape index (κ2) is 11.6. The molecular weight excluding hydrogens is 424 g/mol. The number of hydrogen-bond acceptors (Lipinski definition) is 2. The summed E-state index contributed by atoms with van der Waals surface area (Å²) in [7, 11) is -1.92. The predicted octanol–water partition coefficient (Wildman–Crippen LogP) is 5.24. The molecule has 0 aliphatic rings. The zero-order valence-electron chi connectivity index (χ0n) is 18.1. The van der Waals surface area contributed by atoms with Crippen molar-refractivity contribution < 1.29 is 8.85 Å². The largest absolute Gasteiger partial charge is 0.408 e. The highest BCUT2D eigenvalue weighted by Crippen LogP contribution is 2.27. The SMILES string of the molecule is C=C([SiH2]OC(c1ccccc1)c1ccccc1)[SiH2]OC(c1ccccc1)c1ccccc1. The Kier molecular flexibility index (Phi) is 8.01. The second-order valence-electron chi connectivity index (χ2n) is 7.77. The third-order valence-electron chi connectivity index (χ3n) is 5.32. The zero-order chi connectivity index (χ0) is 22.0. The van der Waals surface area contributed by atoms with E-state index in [1.54, 1.807) is 0 Å². The maximum atomic E-state index is 6.51. The number of hydrogen-bond donors (Lipinski definition) is 0. The lowest BCUT2D eigenvalue weighted by Crippen LogP contribution is -2.18. The summed E-state index contributed by atoms with van der Waals surface area (Å²) in [5.41, 5.74) is 4.70. The summed E-state index contributed by atoms with van der Waals surface area (Å²) < 4.78 is 13.0. The molecule has 4 aromatic rings. The minimum atomic E-state index is -0.960. The summed E-state index contributed by atoms with van der Waals surface area (Å²) in [5.74, 6) is 0. The van der Waals surface area contributed by atoms with E-state index in [-0.39, 0.29) is 12.2 Å². The van der Waals surface area contributed by atoms with Crippen molar-refractivity contribution in [2.24, 2.45) is 0 Å². The highest BCUT2D eigenvalue weighted by atomic mass is 28.3. The van der Waals surface area contributed by atoms with E-state index in [1.165, 1.54) is 27.1 Å². The van der Waals surface area contributed by atoms with E-state index in [1.807, 2.05) is 24.3 Å². The molecule has 0 fully saturated rings. The molecule has 4 heteroatoms. The van der Waals surface area contributed by atoms with Gasteiger partial charge in [-0.15, -0.1) is 6.58 Å². The van der Waals surface area contributed by atoms with Crippen LogP contribution in [0.15, 0.2) is 133 Å². The molecule has 0 radical (unpaired) electrons. The van der Waals surface area contributed by atoms with E-state index in [0.717, 1.165) is 0 Å². The monoisotopic (exact) mass is 452 g/mol. The minimum absolute atomic E-state index is 0.0612. The molecule has 0 heterocycles. The maximum Gasteiger partial charge on any atom is 0.187 e. The van der Waals surface area contributed by atoms with Crippen LogP contribution in [0.4, 0.5) is 0 Å². The Morgan fingerprint density at radius 3 is 0.969 bits per heavy atom. The molecule has 4 rings (SSSR count). The summed E-state index contributed by atoms with van der Waals surface area (Å²) >= 11 is 0. The maximum absolute atomic E-state index is 6.51. The summed E-state index contributed by atoms with van der Waals surface area (Å²) in [6.45, 7) is 4.35. The van der Waals surface area contributed by atoms with Gasteiger partial charge in [-0.3, -0.25) is 0 Å². The van der Waals surface area contributed by atoms with Gasteiger partial charge in [0.2, 0.25) is 0 Å². The van der Waals surface area contributed by atoms with Gasteiger partial charge >= 0.3 is 0 Å². The van der Waals surface area contributed by atoms with Gasteiger partial charge in [0.25, 0.3) is 0 Å². The van der Waals surface area contributed by atoms with Gasteiger partial charge in [-0.2, -0.15) is 0 Å². The molecular formula is C28H28O2Si2. The Balaban J connectivity index is 1.43. The molecule has 0 amide bonds. The molecule has 0 aliphatic carbocycles. The van der Waals surface area contributed by atoms with Crippen LogP contribution in [0.25, 0.3) is 0 Å². The molecule has 0 saturated heterocycles. The molecule has 32 heavy (non-hydrogen) atoms. The third-order valence-corrected chi connectivity index (χ3v) is 8.36. The van der Waals surface area contributed by atoms with Gasteiger partial charge in [0.15, 0.2) is 19.5 Å². The molecule has 0 unspecified atom stereocenters. The average Bonchev–Trinajstić information content (AvgIpc) is 2.87. The first-order valence-corrected chi connectivity index (χ1v) is 13.5. The fourth-order valence-electron chi connectivity index (χ4n) is 3.73. The first kappa shape index (κ1) is 22.2. The lowest BCUT2D eigenvalue weighted by molar-refractivity contribution is 0.257. The summed E-state index contributed by atoms with van der Waals surface area (Å²) in [6, 6.07) is 41.7. The number of rotatable bonds is 10. The van der Waals surface area contributed by atoms with E-state index in [9.17, 15) is 0 Å². The van der Waals surface area contributed by atoms with Gasteiger partial charge in [0.1, 0.15) is 0 Å². The Bertz CT molecular complexity index is 919. The Morgan fingerprint density at radius 2 is 0.719 bits per heavy atom. The molecule has 4 aromatic carbocycles. The van der Waals surface area contributed by atoms with E-state index < -0.39 is 19.5 Å². The van der Waals surface area contributed by atoms with Crippen molar-refractivity contribution in [3.63, 3.8) is 0 Å². The molecule has 0 saturated carbocycles. The lowest BCUT2D eigenvalue weighted by Gasteiger charge is -2.22. The molecule has 2 nitrogen and oxygen atoms in total. The number of benzene rings is 4. The minimum Gasteiger partial charge on any atom is -0.408 e. The van der Waals surface area contributed by atoms with Crippen molar-refractivity contribution in [2.75, 3.05) is 0 Å². The summed E-state index contributed by atoms with van der Waals surface area (Å²) in [4.78, 5) is 1.18. The van der Waals surface area contributed by atoms with Crippen LogP contribution in [-0.2, 0) is 8.85 Å². The highest BCUT2D eigenvalue weighted by Gasteiger charge is 2.17. The van der Waals surface area contributed by atoms with Crippen molar-refractivity contribution >= 4 is 19.5 Å². The van der Waals surface area contributed by atoms with Crippen LogP contribution in [0.2, 0.25) is 0 Å². The average molecular weight is 453 g/mol. The molecule has 0 bridgehead atoms. The summed E-state index contributed by atoms with van der Waals surface area (Å²) in [6.07, 6.45) is -0.122. The van der Waals surface area contributed by atoms with Crippen LogP contribution in [0.3, 0.4) is 0 Å². The van der Waals surface area contributed by atoms with Crippen molar-refractivity contribution in [3.8, 4) is 0 Å². The van der Waals surface area contributed by atoms with Crippen molar-refractivity contribution in [2.45, 2.75) is 12.2 Å². The van der Waals surface area contributed by atoms with E-state index in [0.29, 0.717) is 0 Å². The summed E-state index contributed by atoms with van der Waals surface area (Å²) in [5, 5.41) is 0. The molecule has 0 aliphatic heterocycles. The van der Waals surface area contributed by atoms with Crippen LogP contribution >= 0.6 is 0 Å². The van der Waals surface area contributed by atoms with Crippen LogP contribution < -0.4 is 0 Å². The quantitative estimate of drug-likeness (QED) is 0.307. The van der Waals surface area contributed by atoms with E-state index in [4.69, 9.17) is 8.85 Å². The van der Waals surface area contributed by atoms with Crippen molar-refractivity contribution in [1.82, 2.24) is 0 Å². The van der Waals surface area contributed by atoms with Crippen LogP contribution in [0.1, 0.15) is 34.5 Å². The first-order chi connectivity index (χ1) is 15.8. The molecule has 0 atom stereocenters. The van der Waals surface area contributed by atoms with Crippen LogP contribution in [0.5, 0.6) is 0 Å². The molecule has 0 aromatic heterocycles.